The molecule has 0 N–H and O–H groups in total. The molecule has 0 radical (unpaired) electrons. The summed E-state index contributed by atoms with van der Waals surface area (Å²) in [5, 5.41) is 0. The number of unbranched alkanes of at least 4 members (excludes halogenated alkanes) is 46. The molecule has 0 saturated carbocycles. The zero-order valence-corrected chi connectivity index (χ0v) is 51.3. The number of esters is 3. The molecule has 0 rings (SSSR count). The average molecular weight is 1070 g/mol. The summed E-state index contributed by atoms with van der Waals surface area (Å²) in [6.07, 6.45) is 80.3. The van der Waals surface area contributed by atoms with Crippen LogP contribution in [0.15, 0.2) is 36.5 Å². The zero-order valence-electron chi connectivity index (χ0n) is 51.3. The quantitative estimate of drug-likeness (QED) is 0.0261. The van der Waals surface area contributed by atoms with Crippen LogP contribution < -0.4 is 0 Å². The molecule has 0 aromatic heterocycles. The van der Waals surface area contributed by atoms with Crippen LogP contribution in [0.25, 0.3) is 0 Å². The maximum absolute atomic E-state index is 12.9. The Morgan fingerprint density at radius 1 is 0.263 bits per heavy atom. The van der Waals surface area contributed by atoms with Gasteiger partial charge in [0, 0.05) is 19.3 Å². The molecule has 0 aliphatic heterocycles. The summed E-state index contributed by atoms with van der Waals surface area (Å²) >= 11 is 0. The second-order valence-corrected chi connectivity index (χ2v) is 23.1. The van der Waals surface area contributed by atoms with Crippen LogP contribution in [0.1, 0.15) is 374 Å². The van der Waals surface area contributed by atoms with E-state index in [1.165, 1.54) is 257 Å². The molecule has 0 saturated heterocycles. The van der Waals surface area contributed by atoms with Crippen LogP contribution in [0.4, 0.5) is 0 Å². The van der Waals surface area contributed by atoms with Crippen LogP contribution in [-0.2, 0) is 28.6 Å². The molecular formula is C70H130O6. The number of hydrogen-bond donors (Lipinski definition) is 0. The molecule has 446 valence electrons. The molecule has 0 spiro atoms. The van der Waals surface area contributed by atoms with Crippen LogP contribution >= 0.6 is 0 Å². The summed E-state index contributed by atoms with van der Waals surface area (Å²) in [4.78, 5) is 38.3. The molecule has 0 aliphatic rings. The topological polar surface area (TPSA) is 78.9 Å². The van der Waals surface area contributed by atoms with Crippen molar-refractivity contribution in [2.75, 3.05) is 13.2 Å². The fourth-order valence-corrected chi connectivity index (χ4v) is 10.3. The first-order valence-corrected chi connectivity index (χ1v) is 34.0. The predicted octanol–water partition coefficient (Wildman–Crippen LogP) is 23.2. The van der Waals surface area contributed by atoms with E-state index in [1.807, 2.05) is 0 Å². The van der Waals surface area contributed by atoms with Gasteiger partial charge < -0.3 is 14.2 Å². The van der Waals surface area contributed by atoms with Crippen molar-refractivity contribution in [1.29, 1.82) is 0 Å². The second-order valence-electron chi connectivity index (χ2n) is 23.1. The van der Waals surface area contributed by atoms with Gasteiger partial charge in [-0.15, -0.1) is 0 Å². The Morgan fingerprint density at radius 3 is 0.737 bits per heavy atom. The molecule has 0 aromatic carbocycles. The van der Waals surface area contributed by atoms with Gasteiger partial charge in [-0.2, -0.15) is 0 Å². The summed E-state index contributed by atoms with van der Waals surface area (Å²) in [5.74, 6) is -0.853. The van der Waals surface area contributed by atoms with Gasteiger partial charge >= 0.3 is 17.9 Å². The zero-order chi connectivity index (χ0) is 55.0. The molecule has 0 fully saturated rings. The number of allylic oxidation sites excluding steroid dienone is 6. The maximum Gasteiger partial charge on any atom is 0.306 e. The van der Waals surface area contributed by atoms with Crippen molar-refractivity contribution in [2.45, 2.75) is 380 Å². The maximum atomic E-state index is 12.9. The highest BCUT2D eigenvalue weighted by molar-refractivity contribution is 5.71. The van der Waals surface area contributed by atoms with Gasteiger partial charge in [0.1, 0.15) is 13.2 Å². The van der Waals surface area contributed by atoms with Gasteiger partial charge in [0.2, 0.25) is 0 Å². The van der Waals surface area contributed by atoms with E-state index in [9.17, 15) is 14.4 Å². The van der Waals surface area contributed by atoms with Gasteiger partial charge in [-0.05, 0) is 57.8 Å². The molecule has 0 aromatic rings. The first-order chi connectivity index (χ1) is 37.5. The predicted molar refractivity (Wildman–Crippen MR) is 330 cm³/mol. The normalized spacial score (nSPS) is 12.2. The van der Waals surface area contributed by atoms with Gasteiger partial charge in [0.25, 0.3) is 0 Å². The number of rotatable bonds is 63. The Kier molecular flexibility index (Phi) is 63.1. The molecular weight excluding hydrogens is 937 g/mol. The molecule has 1 unspecified atom stereocenters. The minimum Gasteiger partial charge on any atom is -0.462 e. The van der Waals surface area contributed by atoms with E-state index in [1.54, 1.807) is 0 Å². The van der Waals surface area contributed by atoms with Crippen molar-refractivity contribution in [1.82, 2.24) is 0 Å². The van der Waals surface area contributed by atoms with Crippen LogP contribution in [0.2, 0.25) is 0 Å². The van der Waals surface area contributed by atoms with Crippen LogP contribution in [0.5, 0.6) is 0 Å². The average Bonchev–Trinajstić information content (AvgIpc) is 3.42. The Bertz CT molecular complexity index is 1270. The second kappa shape index (κ2) is 65.2. The third-order valence-corrected chi connectivity index (χ3v) is 15.4. The van der Waals surface area contributed by atoms with Gasteiger partial charge in [0.05, 0.1) is 0 Å². The lowest BCUT2D eigenvalue weighted by atomic mass is 10.0. The first-order valence-electron chi connectivity index (χ1n) is 34.0. The molecule has 0 aliphatic carbocycles. The van der Waals surface area contributed by atoms with Crippen molar-refractivity contribution < 1.29 is 28.6 Å². The molecule has 1 atom stereocenters. The molecule has 0 amide bonds. The molecule has 6 nitrogen and oxygen atoms in total. The summed E-state index contributed by atoms with van der Waals surface area (Å²) < 4.78 is 16.9. The standard InChI is InChI=1S/C70H130O6/c1-4-7-10-13-16-19-22-24-26-28-30-32-34-35-37-38-40-42-44-46-48-51-54-57-60-63-69(72)75-66-67(65-74-68(71)62-59-56-53-50-21-18-15-12-9-6-3)76-70(73)64-61-58-55-52-49-47-45-43-41-39-36-33-31-29-27-25-23-20-17-14-11-8-5-2/h23,25,29,31,36,39,67H,4-22,24,26-28,30,32-35,37-38,40-66H2,1-3H3/b25-23-,31-29-,39-36-. The van der Waals surface area contributed by atoms with E-state index >= 15 is 0 Å². The van der Waals surface area contributed by atoms with Crippen LogP contribution in [0, 0.1) is 0 Å². The number of carbonyl (C=O) groups is 3. The summed E-state index contributed by atoms with van der Waals surface area (Å²) in [6.45, 7) is 6.68. The van der Waals surface area contributed by atoms with Gasteiger partial charge in [0.15, 0.2) is 6.10 Å². The minimum atomic E-state index is -0.773. The summed E-state index contributed by atoms with van der Waals surface area (Å²) in [5.41, 5.74) is 0. The Labute approximate surface area is 474 Å². The monoisotopic (exact) mass is 1070 g/mol. The highest BCUT2D eigenvalue weighted by Crippen LogP contribution is 2.18. The minimum absolute atomic E-state index is 0.0698. The van der Waals surface area contributed by atoms with Crippen molar-refractivity contribution >= 4 is 17.9 Å². The highest BCUT2D eigenvalue weighted by Gasteiger charge is 2.19. The van der Waals surface area contributed by atoms with Gasteiger partial charge in [-0.25, -0.2) is 0 Å². The third kappa shape index (κ3) is 62.5. The largest absolute Gasteiger partial charge is 0.462 e. The molecule has 0 heterocycles. The van der Waals surface area contributed by atoms with Crippen molar-refractivity contribution in [2.24, 2.45) is 0 Å². The van der Waals surface area contributed by atoms with E-state index in [0.717, 1.165) is 77.0 Å². The van der Waals surface area contributed by atoms with Crippen molar-refractivity contribution in [3.8, 4) is 0 Å². The Balaban J connectivity index is 4.18. The van der Waals surface area contributed by atoms with Crippen molar-refractivity contribution in [3.05, 3.63) is 36.5 Å². The van der Waals surface area contributed by atoms with Crippen LogP contribution in [-0.4, -0.2) is 37.2 Å². The summed E-state index contributed by atoms with van der Waals surface area (Å²) in [6, 6.07) is 0. The third-order valence-electron chi connectivity index (χ3n) is 15.4. The van der Waals surface area contributed by atoms with E-state index in [2.05, 4.69) is 57.2 Å². The van der Waals surface area contributed by atoms with E-state index in [-0.39, 0.29) is 31.1 Å². The smallest absolute Gasteiger partial charge is 0.306 e. The molecule has 6 heteroatoms. The van der Waals surface area contributed by atoms with Crippen LogP contribution in [0.3, 0.4) is 0 Å². The lowest BCUT2D eigenvalue weighted by Gasteiger charge is -2.18. The Morgan fingerprint density at radius 2 is 0.474 bits per heavy atom. The molecule has 0 bridgehead atoms. The number of carbonyl (C=O) groups excluding carboxylic acids is 3. The fourth-order valence-electron chi connectivity index (χ4n) is 10.3. The number of hydrogen-bond acceptors (Lipinski definition) is 6. The fraction of sp³-hybridized carbons (Fsp3) is 0.871. The lowest BCUT2D eigenvalue weighted by molar-refractivity contribution is -0.167. The van der Waals surface area contributed by atoms with Crippen molar-refractivity contribution in [3.63, 3.8) is 0 Å². The number of ether oxygens (including phenoxy) is 3. The highest BCUT2D eigenvalue weighted by atomic mass is 16.6. The van der Waals surface area contributed by atoms with Gasteiger partial charge in [-0.1, -0.05) is 333 Å². The van der Waals surface area contributed by atoms with E-state index in [4.69, 9.17) is 14.2 Å². The summed E-state index contributed by atoms with van der Waals surface area (Å²) in [7, 11) is 0. The first kappa shape index (κ1) is 73.6. The molecule has 76 heavy (non-hydrogen) atoms. The van der Waals surface area contributed by atoms with E-state index < -0.39 is 6.10 Å². The SMILES string of the molecule is CCCCCCC/C=C\C/C=C\C/C=C\CCCCCCCCCCC(=O)OC(COC(=O)CCCCCCCCCCCC)COC(=O)CCCCCCCCCCCCCCCCCCCCCCCCCCC. The van der Waals surface area contributed by atoms with Gasteiger partial charge in [-0.3, -0.25) is 14.4 Å². The lowest BCUT2D eigenvalue weighted by Crippen LogP contribution is -2.30. The Hall–Kier alpha value is -2.37. The van der Waals surface area contributed by atoms with E-state index in [0.29, 0.717) is 19.3 Å².